The van der Waals surface area contributed by atoms with E-state index in [1.54, 1.807) is 85.8 Å². The van der Waals surface area contributed by atoms with Gasteiger partial charge in [-0.1, -0.05) is 24.3 Å². The SMILES string of the molecule is COc1cc(NC(=O)C(C)Sc2cccc(NC(=O)/C(=C\c3cc(OC)c(OC)c(OC)c3)NC(=O)c3ccccc3)c2)cc(OC)c1. The number of amides is 3. The van der Waals surface area contributed by atoms with Crippen molar-refractivity contribution in [3.05, 3.63) is 102 Å². The van der Waals surface area contributed by atoms with Gasteiger partial charge in [-0.15, -0.1) is 11.8 Å². The first kappa shape index (κ1) is 35.2. The Morgan fingerprint density at radius 1 is 0.688 bits per heavy atom. The van der Waals surface area contributed by atoms with E-state index in [0.29, 0.717) is 51.2 Å². The molecule has 0 fully saturated rings. The molecule has 11 nitrogen and oxygen atoms in total. The van der Waals surface area contributed by atoms with Crippen LogP contribution in [0, 0.1) is 0 Å². The minimum absolute atomic E-state index is 0.0300. The summed E-state index contributed by atoms with van der Waals surface area (Å²) in [5.74, 6) is 0.964. The van der Waals surface area contributed by atoms with Crippen molar-refractivity contribution in [2.45, 2.75) is 17.1 Å². The smallest absolute Gasteiger partial charge is 0.272 e. The Balaban J connectivity index is 1.55. The maximum atomic E-state index is 13.7. The zero-order chi connectivity index (χ0) is 34.6. The standard InChI is InChI=1S/C36H37N3O8S/c1-22(34(40)38-26-18-27(43-2)21-28(19-26)44-3)48-29-14-10-13-25(20-29)37-36(42)30(39-35(41)24-11-8-7-9-12-24)15-23-16-31(45-4)33(47-6)32(17-23)46-5/h7-22H,1-6H3,(H,37,42)(H,38,40)(H,39,41)/b30-15+. The van der Waals surface area contributed by atoms with Gasteiger partial charge < -0.3 is 39.6 Å². The van der Waals surface area contributed by atoms with E-state index >= 15 is 0 Å². The molecule has 250 valence electrons. The fourth-order valence-electron chi connectivity index (χ4n) is 4.52. The molecule has 0 aliphatic heterocycles. The van der Waals surface area contributed by atoms with Gasteiger partial charge in [-0.2, -0.15) is 0 Å². The molecule has 0 radical (unpaired) electrons. The zero-order valence-corrected chi connectivity index (χ0v) is 28.2. The van der Waals surface area contributed by atoms with Crippen molar-refractivity contribution in [1.29, 1.82) is 0 Å². The van der Waals surface area contributed by atoms with Crippen LogP contribution in [-0.2, 0) is 9.59 Å². The zero-order valence-electron chi connectivity index (χ0n) is 27.4. The van der Waals surface area contributed by atoms with Gasteiger partial charge in [0.2, 0.25) is 11.7 Å². The number of anilines is 2. The third-order valence-corrected chi connectivity index (χ3v) is 8.01. The number of methoxy groups -OCH3 is 5. The molecule has 12 heteroatoms. The molecule has 3 amide bonds. The Bertz CT molecular complexity index is 1750. The monoisotopic (exact) mass is 671 g/mol. The Labute approximate surface area is 283 Å². The lowest BCUT2D eigenvalue weighted by Gasteiger charge is -2.15. The van der Waals surface area contributed by atoms with Gasteiger partial charge in [0.1, 0.15) is 17.2 Å². The molecule has 0 saturated heterocycles. The predicted molar refractivity (Wildman–Crippen MR) is 187 cm³/mol. The molecule has 1 unspecified atom stereocenters. The van der Waals surface area contributed by atoms with E-state index < -0.39 is 17.1 Å². The van der Waals surface area contributed by atoms with Gasteiger partial charge in [-0.3, -0.25) is 14.4 Å². The molecule has 0 aromatic heterocycles. The van der Waals surface area contributed by atoms with Crippen LogP contribution in [0.2, 0.25) is 0 Å². The van der Waals surface area contributed by atoms with E-state index in [2.05, 4.69) is 16.0 Å². The number of carbonyl (C=O) groups is 3. The van der Waals surface area contributed by atoms with Crippen LogP contribution in [0.3, 0.4) is 0 Å². The highest BCUT2D eigenvalue weighted by Crippen LogP contribution is 2.39. The molecule has 0 spiro atoms. The van der Waals surface area contributed by atoms with E-state index in [0.717, 1.165) is 4.90 Å². The number of nitrogens with one attached hydrogen (secondary N) is 3. The molecule has 0 heterocycles. The van der Waals surface area contributed by atoms with Gasteiger partial charge >= 0.3 is 0 Å². The Morgan fingerprint density at radius 3 is 1.92 bits per heavy atom. The summed E-state index contributed by atoms with van der Waals surface area (Å²) in [5.41, 5.74) is 1.85. The molecule has 0 aliphatic carbocycles. The van der Waals surface area contributed by atoms with E-state index in [9.17, 15) is 14.4 Å². The van der Waals surface area contributed by atoms with Crippen molar-refractivity contribution in [3.63, 3.8) is 0 Å². The molecule has 4 aromatic rings. The normalized spacial score (nSPS) is 11.5. The van der Waals surface area contributed by atoms with Gasteiger partial charge in [0.15, 0.2) is 11.5 Å². The van der Waals surface area contributed by atoms with Crippen LogP contribution in [-0.4, -0.2) is 58.5 Å². The molecule has 0 aliphatic rings. The molecule has 1 atom stereocenters. The Hall–Kier alpha value is -5.62. The third kappa shape index (κ3) is 9.23. The van der Waals surface area contributed by atoms with Crippen molar-refractivity contribution in [2.75, 3.05) is 46.2 Å². The summed E-state index contributed by atoms with van der Waals surface area (Å²) in [6, 6.07) is 24.1. The molecule has 4 rings (SSSR count). The quantitative estimate of drug-likeness (QED) is 0.105. The van der Waals surface area contributed by atoms with Crippen molar-refractivity contribution in [1.82, 2.24) is 5.32 Å². The summed E-state index contributed by atoms with van der Waals surface area (Å²) in [7, 11) is 7.54. The third-order valence-electron chi connectivity index (χ3n) is 6.92. The van der Waals surface area contributed by atoms with Crippen LogP contribution in [0.25, 0.3) is 6.08 Å². The predicted octanol–water partition coefficient (Wildman–Crippen LogP) is 6.26. The maximum absolute atomic E-state index is 13.7. The molecule has 0 saturated carbocycles. The van der Waals surface area contributed by atoms with Crippen LogP contribution in [0.15, 0.2) is 95.5 Å². The maximum Gasteiger partial charge on any atom is 0.272 e. The van der Waals surface area contributed by atoms with Crippen LogP contribution in [0.5, 0.6) is 28.7 Å². The summed E-state index contributed by atoms with van der Waals surface area (Å²) >= 11 is 1.31. The number of ether oxygens (including phenoxy) is 5. The highest BCUT2D eigenvalue weighted by atomic mass is 32.2. The molecule has 4 aromatic carbocycles. The number of hydrogen-bond donors (Lipinski definition) is 3. The number of benzene rings is 4. The number of rotatable bonds is 14. The van der Waals surface area contributed by atoms with Gasteiger partial charge in [0, 0.05) is 40.0 Å². The molecular weight excluding hydrogens is 634 g/mol. The molecule has 48 heavy (non-hydrogen) atoms. The van der Waals surface area contributed by atoms with Gasteiger partial charge in [-0.05, 0) is 61.0 Å². The van der Waals surface area contributed by atoms with Crippen LogP contribution in [0.1, 0.15) is 22.8 Å². The minimum atomic E-state index is -0.576. The number of thioether (sulfide) groups is 1. The average Bonchev–Trinajstić information content (AvgIpc) is 3.10. The van der Waals surface area contributed by atoms with Crippen molar-refractivity contribution in [2.24, 2.45) is 0 Å². The van der Waals surface area contributed by atoms with E-state index in [1.807, 2.05) is 6.07 Å². The fourth-order valence-corrected chi connectivity index (χ4v) is 5.45. The van der Waals surface area contributed by atoms with Crippen LogP contribution in [0.4, 0.5) is 11.4 Å². The van der Waals surface area contributed by atoms with Crippen molar-refractivity contribution in [3.8, 4) is 28.7 Å². The lowest BCUT2D eigenvalue weighted by Crippen LogP contribution is -2.30. The first-order valence-electron chi connectivity index (χ1n) is 14.7. The minimum Gasteiger partial charge on any atom is -0.497 e. The van der Waals surface area contributed by atoms with Gasteiger partial charge in [0.05, 0.1) is 40.8 Å². The second-order valence-electron chi connectivity index (χ2n) is 10.2. The summed E-state index contributed by atoms with van der Waals surface area (Å²) in [4.78, 5) is 40.6. The van der Waals surface area contributed by atoms with E-state index in [1.165, 1.54) is 53.4 Å². The van der Waals surface area contributed by atoms with Gasteiger partial charge in [0.25, 0.3) is 11.8 Å². The number of hydrogen-bond acceptors (Lipinski definition) is 9. The summed E-state index contributed by atoms with van der Waals surface area (Å²) in [6.45, 7) is 1.78. The fraction of sp³-hybridized carbons (Fsp3) is 0.194. The van der Waals surface area contributed by atoms with E-state index in [4.69, 9.17) is 23.7 Å². The highest BCUT2D eigenvalue weighted by molar-refractivity contribution is 8.00. The van der Waals surface area contributed by atoms with Crippen molar-refractivity contribution < 1.29 is 38.1 Å². The molecular formula is C36H37N3O8S. The van der Waals surface area contributed by atoms with E-state index in [-0.39, 0.29) is 11.6 Å². The molecule has 3 N–H and O–H groups in total. The second kappa shape index (κ2) is 16.8. The lowest BCUT2D eigenvalue weighted by atomic mass is 10.1. The van der Waals surface area contributed by atoms with Crippen molar-refractivity contribution >= 4 is 46.9 Å². The first-order valence-corrected chi connectivity index (χ1v) is 15.6. The Kier molecular flexibility index (Phi) is 12.3. The van der Waals surface area contributed by atoms with Gasteiger partial charge in [-0.25, -0.2) is 0 Å². The largest absolute Gasteiger partial charge is 0.497 e. The Morgan fingerprint density at radius 2 is 1.33 bits per heavy atom. The summed E-state index contributed by atoms with van der Waals surface area (Å²) in [6.07, 6.45) is 1.51. The van der Waals surface area contributed by atoms with Crippen LogP contribution >= 0.6 is 11.8 Å². The highest BCUT2D eigenvalue weighted by Gasteiger charge is 2.19. The van der Waals surface area contributed by atoms with Crippen LogP contribution < -0.4 is 39.6 Å². The average molecular weight is 672 g/mol. The topological polar surface area (TPSA) is 133 Å². The summed E-state index contributed by atoms with van der Waals surface area (Å²) < 4.78 is 26.9. The number of carbonyl (C=O) groups excluding carboxylic acids is 3. The molecule has 0 bridgehead atoms. The first-order chi connectivity index (χ1) is 23.2. The second-order valence-corrected chi connectivity index (χ2v) is 11.6. The lowest BCUT2D eigenvalue weighted by molar-refractivity contribution is -0.115. The summed E-state index contributed by atoms with van der Waals surface area (Å²) in [5, 5.41) is 7.98.